The van der Waals surface area contributed by atoms with Gasteiger partial charge in [0.05, 0.1) is 6.10 Å². The number of aliphatic hydroxyl groups excluding tert-OH is 1. The summed E-state index contributed by atoms with van der Waals surface area (Å²) in [5.41, 5.74) is 0. The van der Waals surface area contributed by atoms with Gasteiger partial charge in [0.1, 0.15) is 4.88 Å². The number of thioether (sulfide) groups is 1. The van der Waals surface area contributed by atoms with Crippen LogP contribution in [0.5, 0.6) is 0 Å². The second-order valence-electron chi connectivity index (χ2n) is 4.01. The highest BCUT2D eigenvalue weighted by molar-refractivity contribution is 7.98. The summed E-state index contributed by atoms with van der Waals surface area (Å²) in [6.45, 7) is 1.91. The van der Waals surface area contributed by atoms with Crippen LogP contribution in [0.1, 0.15) is 9.67 Å². The molecule has 0 aliphatic carbocycles. The molecule has 0 bridgehead atoms. The molecule has 2 atom stereocenters. The maximum Gasteiger partial charge on any atom is 0.262 e. The zero-order chi connectivity index (χ0) is 12.3. The molecule has 2 unspecified atom stereocenters. The van der Waals surface area contributed by atoms with E-state index < -0.39 is 0 Å². The molecule has 0 saturated carbocycles. The van der Waals surface area contributed by atoms with Crippen LogP contribution in [0, 0.1) is 5.92 Å². The molecule has 3 N–H and O–H groups in total. The Kier molecular flexibility index (Phi) is 4.44. The zero-order valence-corrected chi connectivity index (χ0v) is 11.2. The summed E-state index contributed by atoms with van der Waals surface area (Å²) in [5, 5.41) is 17.5. The minimum Gasteiger partial charge on any atom is -0.391 e. The molecule has 0 radical (unpaired) electrons. The van der Waals surface area contributed by atoms with E-state index in [9.17, 15) is 9.90 Å². The number of rotatable bonds is 4. The molecule has 2 rings (SSSR count). The molecule has 4 nitrogen and oxygen atoms in total. The Morgan fingerprint density at radius 3 is 3.18 bits per heavy atom. The van der Waals surface area contributed by atoms with Crippen LogP contribution in [0.4, 0.5) is 0 Å². The van der Waals surface area contributed by atoms with Crippen LogP contribution in [0.3, 0.4) is 0 Å². The standard InChI is InChI=1S/C11H16N2O2S2/c1-16-9-2-3-17-10(9)11(15)13-5-7-4-12-6-8(7)14/h2-3,7-8,12,14H,4-6H2,1H3,(H,13,15). The largest absolute Gasteiger partial charge is 0.391 e. The van der Waals surface area contributed by atoms with Crippen LogP contribution in [-0.2, 0) is 0 Å². The summed E-state index contributed by atoms with van der Waals surface area (Å²) in [4.78, 5) is 13.7. The Labute approximate surface area is 109 Å². The van der Waals surface area contributed by atoms with Crippen molar-refractivity contribution in [2.24, 2.45) is 5.92 Å². The van der Waals surface area contributed by atoms with Crippen molar-refractivity contribution >= 4 is 29.0 Å². The summed E-state index contributed by atoms with van der Waals surface area (Å²) in [7, 11) is 0. The summed E-state index contributed by atoms with van der Waals surface area (Å²) in [6.07, 6.45) is 1.61. The average Bonchev–Trinajstić information content (AvgIpc) is 2.94. The Bertz CT molecular complexity index is 395. The number of carbonyl (C=O) groups excluding carboxylic acids is 1. The predicted molar refractivity (Wildman–Crippen MR) is 70.8 cm³/mol. The lowest BCUT2D eigenvalue weighted by Crippen LogP contribution is -2.34. The van der Waals surface area contributed by atoms with Gasteiger partial charge < -0.3 is 15.7 Å². The molecular formula is C11H16N2O2S2. The fourth-order valence-corrected chi connectivity index (χ4v) is 3.52. The van der Waals surface area contributed by atoms with Crippen LogP contribution in [0.25, 0.3) is 0 Å². The number of hydrogen-bond acceptors (Lipinski definition) is 5. The number of nitrogens with one attached hydrogen (secondary N) is 2. The van der Waals surface area contributed by atoms with Gasteiger partial charge in [-0.2, -0.15) is 0 Å². The van der Waals surface area contributed by atoms with Gasteiger partial charge in [0.15, 0.2) is 0 Å². The normalized spacial score (nSPS) is 23.9. The summed E-state index contributed by atoms with van der Waals surface area (Å²) in [6, 6.07) is 1.95. The fourth-order valence-electron chi connectivity index (χ4n) is 1.86. The number of β-amino-alcohol motifs (C(OH)–C–C–N with tert-alkyl or cyclic N) is 1. The van der Waals surface area contributed by atoms with E-state index in [1.165, 1.54) is 11.3 Å². The van der Waals surface area contributed by atoms with Crippen molar-refractivity contribution in [2.75, 3.05) is 25.9 Å². The lowest BCUT2D eigenvalue weighted by atomic mass is 10.1. The van der Waals surface area contributed by atoms with Crippen molar-refractivity contribution in [1.29, 1.82) is 0 Å². The quantitative estimate of drug-likeness (QED) is 0.709. The second-order valence-corrected chi connectivity index (χ2v) is 5.78. The fraction of sp³-hybridized carbons (Fsp3) is 0.545. The van der Waals surface area contributed by atoms with E-state index in [4.69, 9.17) is 0 Å². The Morgan fingerprint density at radius 1 is 1.71 bits per heavy atom. The number of carbonyl (C=O) groups is 1. The molecule has 0 aromatic carbocycles. The molecule has 17 heavy (non-hydrogen) atoms. The third-order valence-electron chi connectivity index (χ3n) is 2.88. The van der Waals surface area contributed by atoms with E-state index >= 15 is 0 Å². The molecule has 6 heteroatoms. The number of hydrogen-bond donors (Lipinski definition) is 3. The highest BCUT2D eigenvalue weighted by Crippen LogP contribution is 2.25. The lowest BCUT2D eigenvalue weighted by Gasteiger charge is -2.13. The van der Waals surface area contributed by atoms with E-state index in [0.29, 0.717) is 13.1 Å². The van der Waals surface area contributed by atoms with E-state index in [0.717, 1.165) is 16.3 Å². The number of thiophene rings is 1. The molecule has 1 saturated heterocycles. The van der Waals surface area contributed by atoms with Gasteiger partial charge in [0, 0.05) is 30.4 Å². The van der Waals surface area contributed by atoms with E-state index in [1.54, 1.807) is 11.8 Å². The molecule has 94 valence electrons. The predicted octanol–water partition coefficient (Wildman–Crippen LogP) is 0.780. The minimum atomic E-state index is -0.348. The maximum absolute atomic E-state index is 11.9. The lowest BCUT2D eigenvalue weighted by molar-refractivity contribution is 0.0928. The number of amides is 1. The van der Waals surface area contributed by atoms with Crippen LogP contribution in [-0.4, -0.2) is 43.0 Å². The Morgan fingerprint density at radius 2 is 2.53 bits per heavy atom. The molecule has 1 aliphatic rings. The SMILES string of the molecule is CSc1ccsc1C(=O)NCC1CNCC1O. The van der Waals surface area contributed by atoms with Crippen LogP contribution >= 0.6 is 23.1 Å². The van der Waals surface area contributed by atoms with Gasteiger partial charge in [0.2, 0.25) is 0 Å². The smallest absolute Gasteiger partial charge is 0.262 e. The van der Waals surface area contributed by atoms with Crippen LogP contribution in [0.15, 0.2) is 16.3 Å². The first-order valence-electron chi connectivity index (χ1n) is 5.51. The number of aliphatic hydroxyl groups is 1. The highest BCUT2D eigenvalue weighted by Gasteiger charge is 2.25. The van der Waals surface area contributed by atoms with Crippen molar-refractivity contribution in [3.63, 3.8) is 0 Å². The van der Waals surface area contributed by atoms with E-state index in [-0.39, 0.29) is 17.9 Å². The van der Waals surface area contributed by atoms with Crippen molar-refractivity contribution < 1.29 is 9.90 Å². The van der Waals surface area contributed by atoms with Crippen LogP contribution in [0.2, 0.25) is 0 Å². The van der Waals surface area contributed by atoms with Gasteiger partial charge in [-0.15, -0.1) is 23.1 Å². The summed E-state index contributed by atoms with van der Waals surface area (Å²) in [5.74, 6) is 0.0834. The monoisotopic (exact) mass is 272 g/mol. The van der Waals surface area contributed by atoms with Gasteiger partial charge in [-0.3, -0.25) is 4.79 Å². The Hall–Kier alpha value is -0.560. The topological polar surface area (TPSA) is 61.4 Å². The van der Waals surface area contributed by atoms with Crippen molar-refractivity contribution in [1.82, 2.24) is 10.6 Å². The molecule has 1 fully saturated rings. The second kappa shape index (κ2) is 5.86. The molecule has 1 aliphatic heterocycles. The molecule has 1 aromatic rings. The first-order valence-corrected chi connectivity index (χ1v) is 7.61. The van der Waals surface area contributed by atoms with Gasteiger partial charge in [-0.1, -0.05) is 0 Å². The molecular weight excluding hydrogens is 256 g/mol. The van der Waals surface area contributed by atoms with Gasteiger partial charge in [-0.25, -0.2) is 0 Å². The average molecular weight is 272 g/mol. The van der Waals surface area contributed by atoms with E-state index in [2.05, 4.69) is 10.6 Å². The minimum absolute atomic E-state index is 0.0385. The maximum atomic E-state index is 11.9. The zero-order valence-electron chi connectivity index (χ0n) is 9.60. The highest BCUT2D eigenvalue weighted by atomic mass is 32.2. The molecule has 2 heterocycles. The Balaban J connectivity index is 1.89. The molecule has 0 spiro atoms. The first-order chi connectivity index (χ1) is 8.22. The first kappa shape index (κ1) is 12.9. The van der Waals surface area contributed by atoms with Crippen molar-refractivity contribution in [3.8, 4) is 0 Å². The molecule has 1 amide bonds. The molecule has 1 aromatic heterocycles. The van der Waals surface area contributed by atoms with Crippen molar-refractivity contribution in [2.45, 2.75) is 11.0 Å². The van der Waals surface area contributed by atoms with Gasteiger partial charge >= 0.3 is 0 Å². The third-order valence-corrected chi connectivity index (χ3v) is 4.71. The van der Waals surface area contributed by atoms with Crippen LogP contribution < -0.4 is 10.6 Å². The van der Waals surface area contributed by atoms with Crippen molar-refractivity contribution in [3.05, 3.63) is 16.3 Å². The third kappa shape index (κ3) is 3.01. The van der Waals surface area contributed by atoms with Gasteiger partial charge in [0.25, 0.3) is 5.91 Å². The van der Waals surface area contributed by atoms with E-state index in [1.807, 2.05) is 17.7 Å². The summed E-state index contributed by atoms with van der Waals surface area (Å²) >= 11 is 3.03. The van der Waals surface area contributed by atoms with Gasteiger partial charge in [-0.05, 0) is 17.7 Å². The summed E-state index contributed by atoms with van der Waals surface area (Å²) < 4.78 is 0.